The Hall–Kier alpha value is -2.65. The molecule has 4 amide bonds. The van der Waals surface area contributed by atoms with Crippen molar-refractivity contribution in [3.05, 3.63) is 63.6 Å². The molecule has 0 saturated carbocycles. The van der Waals surface area contributed by atoms with Crippen molar-refractivity contribution in [2.45, 2.75) is 119 Å². The Bertz CT molecular complexity index is 1380. The molecule has 0 atom stereocenters. The van der Waals surface area contributed by atoms with Gasteiger partial charge < -0.3 is 35.9 Å². The minimum atomic E-state index is -0.918. The van der Waals surface area contributed by atoms with Gasteiger partial charge in [-0.15, -0.1) is 5.56 Å². The molecule has 0 aliphatic carbocycles. The Morgan fingerprint density at radius 2 is 1.10 bits per heavy atom. The summed E-state index contributed by atoms with van der Waals surface area (Å²) in [5.74, 6) is 0. The maximum atomic E-state index is 12.4. The zero-order valence-electron chi connectivity index (χ0n) is 31.4. The Morgan fingerprint density at radius 3 is 1.44 bits per heavy atom. The smallest absolute Gasteiger partial charge is 1.00 e. The number of rotatable bonds is 1. The van der Waals surface area contributed by atoms with Crippen LogP contribution < -0.4 is 27.4 Å². The van der Waals surface area contributed by atoms with Crippen molar-refractivity contribution in [2.24, 2.45) is 10.2 Å². The van der Waals surface area contributed by atoms with Crippen molar-refractivity contribution in [3.8, 4) is 0 Å². The fourth-order valence-corrected chi connectivity index (χ4v) is 3.07. The van der Waals surface area contributed by atoms with E-state index in [1.165, 1.54) is 0 Å². The van der Waals surface area contributed by atoms with E-state index >= 15 is 0 Å². The van der Waals surface area contributed by atoms with Gasteiger partial charge in [0, 0.05) is 5.02 Å². The fraction of sp³-hybridized carbons (Fsp3) is 0.529. The Labute approximate surface area is 333 Å². The van der Waals surface area contributed by atoms with E-state index in [1.54, 1.807) is 107 Å². The summed E-state index contributed by atoms with van der Waals surface area (Å²) in [7, 11) is 0. The van der Waals surface area contributed by atoms with Gasteiger partial charge in [-0.2, -0.15) is 40.9 Å². The molecule has 0 radical (unpaired) electrons. The van der Waals surface area contributed by atoms with Gasteiger partial charge in [-0.05, 0) is 108 Å². The molecule has 12 nitrogen and oxygen atoms in total. The average Bonchev–Trinajstić information content (AvgIpc) is 2.86. The monoisotopic (exact) mass is 814 g/mol. The van der Waals surface area contributed by atoms with Crippen molar-refractivity contribution in [1.29, 1.82) is 0 Å². The molecule has 2 rings (SSSR count). The largest absolute Gasteiger partial charge is 2.00 e. The van der Waals surface area contributed by atoms with Gasteiger partial charge in [0.25, 0.3) is 0 Å². The summed E-state index contributed by atoms with van der Waals surface area (Å²) in [4.78, 5) is 46.6. The second-order valence-electron chi connectivity index (χ2n) is 14.2. The van der Waals surface area contributed by atoms with Crippen molar-refractivity contribution in [1.82, 2.24) is 5.43 Å². The molecule has 0 heterocycles. The molecule has 0 aliphatic rings. The van der Waals surface area contributed by atoms with Crippen LogP contribution in [-0.4, -0.2) is 69.8 Å². The van der Waals surface area contributed by atoms with Gasteiger partial charge in [-0.25, -0.2) is 24.6 Å². The fourth-order valence-electron chi connectivity index (χ4n) is 2.77. The van der Waals surface area contributed by atoms with Crippen LogP contribution in [0.4, 0.5) is 24.9 Å². The minimum absolute atomic E-state index is 0. The Balaban J connectivity index is -0.000000731. The van der Waals surface area contributed by atoms with Crippen LogP contribution in [0.2, 0.25) is 10.0 Å². The van der Waals surface area contributed by atoms with E-state index in [0.29, 0.717) is 10.7 Å². The number of ether oxygens (including phenoxy) is 4. The number of carbonyl (C=O) groups excluding carboxylic acids is 4. The first-order valence-electron chi connectivity index (χ1n) is 14.9. The first-order chi connectivity index (χ1) is 21.6. The third-order valence-electron chi connectivity index (χ3n) is 4.61. The van der Waals surface area contributed by atoms with Gasteiger partial charge in [-0.3, -0.25) is 0 Å². The quantitative estimate of drug-likeness (QED) is 0.105. The summed E-state index contributed by atoms with van der Waals surface area (Å²) in [6, 6.07) is 13.4. The molecule has 50 heavy (non-hydrogen) atoms. The zero-order chi connectivity index (χ0) is 37.7. The number of azo groups is 1. The van der Waals surface area contributed by atoms with Crippen molar-refractivity contribution < 1.29 is 55.1 Å². The molecule has 2 aromatic rings. The molecular formula is C34H49BrCl2MgN4O8. The maximum absolute atomic E-state index is 12.4. The average molecular weight is 817 g/mol. The molecule has 1 N–H and O–H groups in total. The molecule has 0 aliphatic heterocycles. The molecule has 276 valence electrons. The number of hydrogen-bond donors (Lipinski definition) is 1. The molecular weight excluding hydrogens is 768 g/mol. The third kappa shape index (κ3) is 26.2. The van der Waals surface area contributed by atoms with E-state index in [0.717, 1.165) is 21.2 Å². The molecule has 16 heteroatoms. The number of anilines is 1. The van der Waals surface area contributed by atoms with E-state index in [-0.39, 0.29) is 40.0 Å². The predicted octanol–water partition coefficient (Wildman–Crippen LogP) is 7.21. The van der Waals surface area contributed by atoms with Crippen LogP contribution >= 0.6 is 23.2 Å². The molecule has 2 aromatic carbocycles. The van der Waals surface area contributed by atoms with Crippen LogP contribution in [0.1, 0.15) is 94.2 Å². The standard InChI is InChI=1S/C17H25ClN2O4.C10H18N2O4.C7H6Cl.BrH.Mg/c1-11-8-9-12(10-13(11)18)20(15(22)24-17(5,6)7)19-14(21)23-16(2,3)4;1-9(2,3)15-7(13)11-12-8(14)16-10(4,5)6;1-6-4-2-3-5-7(6)8;;/h8-10H,1-7H3,(H,19,21);1-6H3;2,4-5H,1H3;1H;/q;;-1;;+2/p-1. The van der Waals surface area contributed by atoms with Gasteiger partial charge in [-0.1, -0.05) is 39.8 Å². The van der Waals surface area contributed by atoms with Gasteiger partial charge in [0.05, 0.1) is 5.69 Å². The second kappa shape index (κ2) is 22.3. The first-order valence-corrected chi connectivity index (χ1v) is 15.6. The summed E-state index contributed by atoms with van der Waals surface area (Å²) < 4.78 is 20.1. The summed E-state index contributed by atoms with van der Waals surface area (Å²) >= 11 is 11.8. The van der Waals surface area contributed by atoms with Crippen molar-refractivity contribution in [2.75, 3.05) is 5.01 Å². The number of hydrazine groups is 1. The number of hydrogen-bond acceptors (Lipinski definition) is 8. The first kappa shape index (κ1) is 51.7. The number of nitrogens with zero attached hydrogens (tertiary/aromatic N) is 3. The van der Waals surface area contributed by atoms with Gasteiger partial charge in [0.15, 0.2) is 0 Å². The van der Waals surface area contributed by atoms with E-state index in [1.807, 2.05) is 26.0 Å². The molecule has 0 spiro atoms. The zero-order valence-corrected chi connectivity index (χ0v) is 35.9. The van der Waals surface area contributed by atoms with Crippen molar-refractivity contribution >= 4 is 76.3 Å². The van der Waals surface area contributed by atoms with E-state index in [2.05, 4.69) is 21.7 Å². The van der Waals surface area contributed by atoms with Crippen LogP contribution in [-0.2, 0) is 18.9 Å². The number of amides is 4. The van der Waals surface area contributed by atoms with Crippen LogP contribution in [0.15, 0.2) is 46.6 Å². The summed E-state index contributed by atoms with van der Waals surface area (Å²) in [6.45, 7) is 24.3. The van der Waals surface area contributed by atoms with Crippen LogP contribution in [0.5, 0.6) is 0 Å². The number of halogens is 3. The number of nitrogens with one attached hydrogen (secondary N) is 1. The van der Waals surface area contributed by atoms with E-state index < -0.39 is 46.8 Å². The Kier molecular flexibility index (Phi) is 23.1. The molecule has 0 unspecified atom stereocenters. The van der Waals surface area contributed by atoms with E-state index in [4.69, 9.17) is 42.1 Å². The molecule has 0 bridgehead atoms. The number of carbonyl (C=O) groups is 4. The number of aryl methyl sites for hydroxylation is 2. The summed E-state index contributed by atoms with van der Waals surface area (Å²) in [6.07, 6.45) is -3.35. The topological polar surface area (TPSA) is 145 Å². The molecule has 0 saturated heterocycles. The minimum Gasteiger partial charge on any atom is -1.00 e. The third-order valence-corrected chi connectivity index (χ3v) is 5.42. The van der Waals surface area contributed by atoms with Crippen LogP contribution in [0.25, 0.3) is 0 Å². The van der Waals surface area contributed by atoms with Crippen LogP contribution in [0.3, 0.4) is 0 Å². The van der Waals surface area contributed by atoms with Crippen LogP contribution in [0, 0.1) is 19.9 Å². The maximum Gasteiger partial charge on any atom is 2.00 e. The second-order valence-corrected chi connectivity index (χ2v) is 15.0. The summed E-state index contributed by atoms with van der Waals surface area (Å²) in [5.41, 5.74) is 1.97. The normalized spacial score (nSPS) is 11.1. The van der Waals surface area contributed by atoms with E-state index in [9.17, 15) is 19.2 Å². The van der Waals surface area contributed by atoms with Gasteiger partial charge in [0.2, 0.25) is 0 Å². The van der Waals surface area contributed by atoms with Gasteiger partial charge in [0.1, 0.15) is 22.4 Å². The number of benzene rings is 2. The molecule has 0 fully saturated rings. The predicted molar refractivity (Wildman–Crippen MR) is 192 cm³/mol. The Morgan fingerprint density at radius 1 is 0.680 bits per heavy atom. The van der Waals surface area contributed by atoms with Crippen molar-refractivity contribution in [3.63, 3.8) is 0 Å². The SMILES string of the molecule is CC(C)(C)OC(=O)N=NC(=O)OC(C)(C)C.Cc1cc[c-]cc1Cl.Cc1ccc(N(NC(=O)OC(C)(C)C)C(=O)OC(C)(C)C)cc1Cl.[Br-].[Mg+2]. The van der Waals surface area contributed by atoms with Gasteiger partial charge >= 0.3 is 47.4 Å². The summed E-state index contributed by atoms with van der Waals surface area (Å²) in [5, 5.41) is 8.39. The molecule has 0 aromatic heterocycles.